The lowest BCUT2D eigenvalue weighted by Crippen LogP contribution is -2.30. The molecule has 138 valence electrons. The summed E-state index contributed by atoms with van der Waals surface area (Å²) in [6.07, 6.45) is 3.87. The average Bonchev–Trinajstić information content (AvgIpc) is 2.68. The zero-order chi connectivity index (χ0) is 18.5. The number of hydrogen-bond acceptors (Lipinski definition) is 4. The maximum Gasteiger partial charge on any atom is 0.265 e. The topological polar surface area (TPSA) is 56.8 Å². The first kappa shape index (κ1) is 18.1. The van der Waals surface area contributed by atoms with Gasteiger partial charge in [-0.25, -0.2) is 0 Å². The van der Waals surface area contributed by atoms with E-state index in [1.165, 1.54) is 24.0 Å². The number of ether oxygens (including phenoxy) is 3. The second-order valence-electron chi connectivity index (χ2n) is 6.42. The highest BCUT2D eigenvalue weighted by Crippen LogP contribution is 2.31. The number of amides is 1. The number of nitrogens with one attached hydrogen (secondary N) is 1. The van der Waals surface area contributed by atoms with Crippen LogP contribution >= 0.6 is 0 Å². The third kappa shape index (κ3) is 3.93. The van der Waals surface area contributed by atoms with Gasteiger partial charge in [0.05, 0.1) is 14.2 Å². The largest absolute Gasteiger partial charge is 0.493 e. The van der Waals surface area contributed by atoms with E-state index in [0.717, 1.165) is 18.6 Å². The Kier molecular flexibility index (Phi) is 5.66. The molecule has 0 aromatic heterocycles. The molecule has 0 bridgehead atoms. The number of benzene rings is 2. The van der Waals surface area contributed by atoms with Crippen molar-refractivity contribution in [3.63, 3.8) is 0 Å². The zero-order valence-corrected chi connectivity index (χ0v) is 15.5. The number of hydrogen-bond donors (Lipinski definition) is 1. The number of rotatable bonds is 6. The molecule has 1 atom stereocenters. The molecule has 1 amide bonds. The third-order valence-electron chi connectivity index (χ3n) is 4.68. The maximum absolute atomic E-state index is 12.5. The molecule has 5 heteroatoms. The number of aryl methyl sites for hydroxylation is 1. The Balaban J connectivity index is 1.69. The first-order valence-corrected chi connectivity index (χ1v) is 8.92. The Morgan fingerprint density at radius 2 is 1.77 bits per heavy atom. The van der Waals surface area contributed by atoms with Crippen LogP contribution in [0.1, 0.15) is 30.9 Å². The molecule has 0 aliphatic heterocycles. The molecule has 1 unspecified atom stereocenters. The summed E-state index contributed by atoms with van der Waals surface area (Å²) >= 11 is 0. The Labute approximate surface area is 154 Å². The highest BCUT2D eigenvalue weighted by molar-refractivity contribution is 5.94. The fourth-order valence-corrected chi connectivity index (χ4v) is 3.26. The summed E-state index contributed by atoms with van der Waals surface area (Å²) in [4.78, 5) is 12.5. The van der Waals surface area contributed by atoms with Crippen molar-refractivity contribution in [3.8, 4) is 17.2 Å². The van der Waals surface area contributed by atoms with Gasteiger partial charge in [0.25, 0.3) is 5.91 Å². The second kappa shape index (κ2) is 8.13. The van der Waals surface area contributed by atoms with E-state index >= 15 is 0 Å². The minimum Gasteiger partial charge on any atom is -0.493 e. The second-order valence-corrected chi connectivity index (χ2v) is 6.42. The van der Waals surface area contributed by atoms with Crippen LogP contribution in [0, 0.1) is 0 Å². The van der Waals surface area contributed by atoms with Crippen LogP contribution in [0.3, 0.4) is 0 Å². The van der Waals surface area contributed by atoms with Gasteiger partial charge < -0.3 is 19.5 Å². The van der Waals surface area contributed by atoms with E-state index in [1.807, 2.05) is 12.1 Å². The summed E-state index contributed by atoms with van der Waals surface area (Å²) in [6.45, 7) is 1.76. The summed E-state index contributed by atoms with van der Waals surface area (Å²) in [7, 11) is 3.14. The molecule has 2 aromatic carbocycles. The summed E-state index contributed by atoms with van der Waals surface area (Å²) in [5, 5.41) is 2.87. The first-order valence-electron chi connectivity index (χ1n) is 8.92. The fraction of sp³-hybridized carbons (Fsp3) is 0.381. The van der Waals surface area contributed by atoms with Gasteiger partial charge in [0.15, 0.2) is 17.6 Å². The van der Waals surface area contributed by atoms with Gasteiger partial charge in [-0.05, 0) is 61.9 Å². The molecular formula is C21H25NO4. The number of methoxy groups -OCH3 is 2. The van der Waals surface area contributed by atoms with Crippen LogP contribution in [-0.2, 0) is 17.6 Å². The van der Waals surface area contributed by atoms with Crippen molar-refractivity contribution in [3.05, 3.63) is 47.5 Å². The molecule has 0 spiro atoms. The van der Waals surface area contributed by atoms with Crippen molar-refractivity contribution in [2.75, 3.05) is 19.5 Å². The van der Waals surface area contributed by atoms with Gasteiger partial charge in [-0.15, -0.1) is 0 Å². The summed E-state index contributed by atoms with van der Waals surface area (Å²) < 4.78 is 16.5. The molecular weight excluding hydrogens is 330 g/mol. The van der Waals surface area contributed by atoms with E-state index in [-0.39, 0.29) is 5.91 Å². The van der Waals surface area contributed by atoms with E-state index in [4.69, 9.17) is 14.2 Å². The van der Waals surface area contributed by atoms with E-state index in [1.54, 1.807) is 39.3 Å². The van der Waals surface area contributed by atoms with Crippen molar-refractivity contribution in [2.24, 2.45) is 0 Å². The molecule has 26 heavy (non-hydrogen) atoms. The lowest BCUT2D eigenvalue weighted by Gasteiger charge is -2.22. The standard InChI is InChI=1S/C21H25NO4/c1-14(26-18-10-6-8-15-7-4-5-9-17(15)18)21(23)22-16-11-12-19(24-2)20(13-16)25-3/h6,8,10-14H,4-5,7,9H2,1-3H3,(H,22,23). The molecule has 3 rings (SSSR count). The predicted octanol–water partition coefficient (Wildman–Crippen LogP) is 3.99. The van der Waals surface area contributed by atoms with Gasteiger partial charge in [0.2, 0.25) is 0 Å². The molecule has 0 radical (unpaired) electrons. The minimum atomic E-state index is -0.600. The Morgan fingerprint density at radius 1 is 1.00 bits per heavy atom. The molecule has 0 saturated heterocycles. The van der Waals surface area contributed by atoms with Crippen LogP contribution < -0.4 is 19.5 Å². The van der Waals surface area contributed by atoms with Crippen molar-refractivity contribution in [2.45, 2.75) is 38.7 Å². The molecule has 0 saturated carbocycles. The predicted molar refractivity (Wildman–Crippen MR) is 101 cm³/mol. The summed E-state index contributed by atoms with van der Waals surface area (Å²) in [6, 6.07) is 11.4. The zero-order valence-electron chi connectivity index (χ0n) is 15.5. The van der Waals surface area contributed by atoms with E-state index in [9.17, 15) is 4.79 Å². The lowest BCUT2D eigenvalue weighted by molar-refractivity contribution is -0.122. The molecule has 5 nitrogen and oxygen atoms in total. The SMILES string of the molecule is COc1ccc(NC(=O)C(C)Oc2cccc3c2CCCC3)cc1OC. The van der Waals surface area contributed by atoms with Crippen LogP contribution in [-0.4, -0.2) is 26.2 Å². The van der Waals surface area contributed by atoms with Crippen LogP contribution in [0.25, 0.3) is 0 Å². The average molecular weight is 355 g/mol. The normalized spacial score (nSPS) is 14.1. The van der Waals surface area contributed by atoms with Crippen LogP contribution in [0.2, 0.25) is 0 Å². The molecule has 1 N–H and O–H groups in total. The van der Waals surface area contributed by atoms with Crippen molar-refractivity contribution < 1.29 is 19.0 Å². The smallest absolute Gasteiger partial charge is 0.265 e. The first-order chi connectivity index (χ1) is 12.6. The van der Waals surface area contributed by atoms with Crippen LogP contribution in [0.4, 0.5) is 5.69 Å². The number of carbonyl (C=O) groups excluding carboxylic acids is 1. The van der Waals surface area contributed by atoms with Gasteiger partial charge in [-0.2, -0.15) is 0 Å². The van der Waals surface area contributed by atoms with Crippen LogP contribution in [0.15, 0.2) is 36.4 Å². The van der Waals surface area contributed by atoms with Crippen molar-refractivity contribution in [1.82, 2.24) is 0 Å². The van der Waals surface area contributed by atoms with Crippen molar-refractivity contribution >= 4 is 11.6 Å². The summed E-state index contributed by atoms with van der Waals surface area (Å²) in [5.74, 6) is 1.80. The maximum atomic E-state index is 12.5. The number of anilines is 1. The minimum absolute atomic E-state index is 0.203. The van der Waals surface area contributed by atoms with Gasteiger partial charge in [-0.1, -0.05) is 12.1 Å². The molecule has 0 fully saturated rings. The summed E-state index contributed by atoms with van der Waals surface area (Å²) in [5.41, 5.74) is 3.21. The molecule has 1 aliphatic rings. The quantitative estimate of drug-likeness (QED) is 0.851. The van der Waals surface area contributed by atoms with E-state index in [2.05, 4.69) is 11.4 Å². The highest BCUT2D eigenvalue weighted by Gasteiger charge is 2.20. The lowest BCUT2D eigenvalue weighted by atomic mass is 9.91. The number of carbonyl (C=O) groups is 1. The highest BCUT2D eigenvalue weighted by atomic mass is 16.5. The van der Waals surface area contributed by atoms with Gasteiger partial charge >= 0.3 is 0 Å². The third-order valence-corrected chi connectivity index (χ3v) is 4.68. The van der Waals surface area contributed by atoms with Crippen molar-refractivity contribution in [1.29, 1.82) is 0 Å². The Hall–Kier alpha value is -2.69. The Bertz CT molecular complexity index is 788. The van der Waals surface area contributed by atoms with Gasteiger partial charge in [0.1, 0.15) is 5.75 Å². The van der Waals surface area contributed by atoms with Gasteiger partial charge in [-0.3, -0.25) is 4.79 Å². The monoisotopic (exact) mass is 355 g/mol. The van der Waals surface area contributed by atoms with E-state index in [0.29, 0.717) is 17.2 Å². The van der Waals surface area contributed by atoms with Crippen LogP contribution in [0.5, 0.6) is 17.2 Å². The Morgan fingerprint density at radius 3 is 2.54 bits per heavy atom. The molecule has 1 aliphatic carbocycles. The van der Waals surface area contributed by atoms with E-state index < -0.39 is 6.10 Å². The fourth-order valence-electron chi connectivity index (χ4n) is 3.26. The molecule has 2 aromatic rings. The number of fused-ring (bicyclic) bond motifs is 1. The van der Waals surface area contributed by atoms with Gasteiger partial charge in [0, 0.05) is 11.8 Å². The molecule has 0 heterocycles.